The van der Waals surface area contributed by atoms with Crippen molar-refractivity contribution in [1.29, 1.82) is 0 Å². The van der Waals surface area contributed by atoms with Crippen LogP contribution in [0.15, 0.2) is 22.8 Å². The maximum Gasteiger partial charge on any atom is 0.333 e. The minimum absolute atomic E-state index is 0.0572. The third-order valence-electron chi connectivity index (χ3n) is 19.1. The van der Waals surface area contributed by atoms with E-state index in [2.05, 4.69) is 34.6 Å². The van der Waals surface area contributed by atoms with Gasteiger partial charge in [0.1, 0.15) is 72.7 Å². The van der Waals surface area contributed by atoms with Gasteiger partial charge in [0.25, 0.3) is 0 Å². The van der Waals surface area contributed by atoms with E-state index in [0.717, 1.165) is 19.3 Å². The molecular formula is C49H78O20. The minimum atomic E-state index is -1.86. The van der Waals surface area contributed by atoms with Crippen molar-refractivity contribution in [3.05, 3.63) is 22.8 Å². The molecule has 0 aromatic heterocycles. The maximum atomic E-state index is 13.1. The fraction of sp³-hybridized carbons (Fsp3) is 0.898. The van der Waals surface area contributed by atoms with Gasteiger partial charge in [-0.25, -0.2) is 4.79 Å². The molecule has 4 aliphatic heterocycles. The molecule has 69 heavy (non-hydrogen) atoms. The first-order chi connectivity index (χ1) is 32.3. The molecule has 8 aliphatic rings. The number of hydrogen-bond acceptors (Lipinski definition) is 20. The van der Waals surface area contributed by atoms with Gasteiger partial charge >= 0.3 is 5.97 Å². The number of fused-ring (bicyclic) bond motifs is 6. The fourth-order valence-corrected chi connectivity index (χ4v) is 14.7. The Balaban J connectivity index is 1.05. The van der Waals surface area contributed by atoms with Crippen LogP contribution in [0.1, 0.15) is 100 Å². The summed E-state index contributed by atoms with van der Waals surface area (Å²) in [6, 6.07) is 0. The van der Waals surface area contributed by atoms with Gasteiger partial charge in [0, 0.05) is 16.9 Å². The molecule has 4 aliphatic carbocycles. The van der Waals surface area contributed by atoms with E-state index in [1.807, 2.05) is 6.92 Å². The molecule has 0 unspecified atom stereocenters. The molecule has 25 atom stereocenters. The quantitative estimate of drug-likeness (QED) is 0.0741. The van der Waals surface area contributed by atoms with Crippen molar-refractivity contribution in [2.24, 2.45) is 39.4 Å². The SMILES string of the molecule is COC(=O)/C(C)=C/[C@@H]1[C@@H](C)[C@@]2(O)[C@H](C[C@@]3(C)C4=C(CC[C@]23C)[C@@]2(C)CC[C@H](O[C@@H]3O[C@H](CO)[C@@H](O)[C@H](O)[C@H]3O[C@@H]3O[C@H](CO)[C@@H](O)[C@H](O)[C@H]3O[C@@H]3O[C@@H](C)[C@H](O)[C@@H](O)[C@H]3O)C(C)(C)[C@@H]2CC4)O[C@@H]1O. The summed E-state index contributed by atoms with van der Waals surface area (Å²) in [6.07, 6.45) is -20.2. The molecule has 2 saturated carbocycles. The molecule has 394 valence electrons. The van der Waals surface area contributed by atoms with E-state index in [-0.39, 0.29) is 11.3 Å². The lowest BCUT2D eigenvalue weighted by Gasteiger charge is -2.64. The average Bonchev–Trinajstić information content (AvgIpc) is 3.49. The van der Waals surface area contributed by atoms with Gasteiger partial charge in [-0.1, -0.05) is 58.8 Å². The van der Waals surface area contributed by atoms with Crippen LogP contribution in [-0.4, -0.2) is 199 Å². The second-order valence-electron chi connectivity index (χ2n) is 22.7. The molecule has 0 radical (unpaired) electrons. The smallest absolute Gasteiger partial charge is 0.333 e. The monoisotopic (exact) mass is 987 g/mol. The lowest BCUT2D eigenvalue weighted by molar-refractivity contribution is -0.397. The molecule has 0 bridgehead atoms. The van der Waals surface area contributed by atoms with Crippen molar-refractivity contribution in [2.45, 2.75) is 217 Å². The van der Waals surface area contributed by atoms with Crippen LogP contribution in [-0.2, 0) is 42.7 Å². The minimum Gasteiger partial charge on any atom is -0.466 e. The van der Waals surface area contributed by atoms with Crippen LogP contribution in [0.2, 0.25) is 0 Å². The van der Waals surface area contributed by atoms with Crippen LogP contribution in [0.25, 0.3) is 0 Å². The summed E-state index contributed by atoms with van der Waals surface area (Å²) in [5.41, 5.74) is -0.335. The predicted molar refractivity (Wildman–Crippen MR) is 238 cm³/mol. The third-order valence-corrected chi connectivity index (χ3v) is 19.1. The first kappa shape index (κ1) is 53.5. The normalized spacial score (nSPS) is 53.2. The van der Waals surface area contributed by atoms with Gasteiger partial charge in [-0.05, 0) is 86.9 Å². The molecule has 20 heteroatoms. The number of ether oxygens (including phenoxy) is 8. The Kier molecular flexibility index (Phi) is 14.9. The molecule has 0 aromatic carbocycles. The van der Waals surface area contributed by atoms with Crippen molar-refractivity contribution in [3.8, 4) is 0 Å². The average molecular weight is 987 g/mol. The number of allylic oxidation sites excluding steroid dienone is 2. The number of aliphatic hydroxyl groups excluding tert-OH is 10. The summed E-state index contributed by atoms with van der Waals surface area (Å²) < 4.78 is 48.0. The van der Waals surface area contributed by atoms with Gasteiger partial charge in [0.2, 0.25) is 0 Å². The van der Waals surface area contributed by atoms with Crippen LogP contribution in [0.4, 0.5) is 0 Å². The highest BCUT2D eigenvalue weighted by Gasteiger charge is 2.75. The zero-order valence-corrected chi connectivity index (χ0v) is 41.2. The molecule has 0 aromatic rings. The number of carbonyl (C=O) groups is 1. The standard InChI is InChI=1S/C49H78O20/c1-20(40(59)62-9)16-23-21(2)49(61)30(66-41(23)60)17-47(7)25-10-11-28-45(4,5)29(13-14-46(28,6)24(25)12-15-48(47,49)8)67-43-38(35(56)32(53)26(18-50)64-43)69-44-39(36(57)33(54)27(19-51)65-44)68-42-37(58)34(55)31(52)22(3)63-42/h16,21-23,26-39,41-44,50-58,60-61H,10-15,17-19H2,1-9H3/b20-16+/t21-,22+,23-,26-,27-,28+,29+,30+,31+,32-,33-,34-,35+,36+,37-,38-,39-,41+,42+,43+,44+,46-,47+,48+,49-/m1/s1. The van der Waals surface area contributed by atoms with Gasteiger partial charge in [0.15, 0.2) is 25.2 Å². The Morgan fingerprint density at radius 1 is 0.696 bits per heavy atom. The molecule has 11 N–H and O–H groups in total. The van der Waals surface area contributed by atoms with Crippen LogP contribution in [0, 0.1) is 39.4 Å². The van der Waals surface area contributed by atoms with E-state index in [9.17, 15) is 61.0 Å². The Bertz CT molecular complexity index is 1950. The summed E-state index contributed by atoms with van der Waals surface area (Å²) in [5.74, 6) is -1.57. The molecule has 0 spiro atoms. The Hall–Kier alpha value is -1.77. The first-order valence-electron chi connectivity index (χ1n) is 24.7. The van der Waals surface area contributed by atoms with Crippen molar-refractivity contribution >= 4 is 5.97 Å². The van der Waals surface area contributed by atoms with Crippen LogP contribution in [0.3, 0.4) is 0 Å². The zero-order chi connectivity index (χ0) is 50.7. The maximum absolute atomic E-state index is 13.1. The molecular weight excluding hydrogens is 909 g/mol. The Morgan fingerprint density at radius 2 is 1.28 bits per heavy atom. The summed E-state index contributed by atoms with van der Waals surface area (Å²) in [4.78, 5) is 12.4. The number of aliphatic hydroxyl groups is 11. The molecule has 20 nitrogen and oxygen atoms in total. The van der Waals surface area contributed by atoms with Gasteiger partial charge in [-0.15, -0.1) is 0 Å². The second-order valence-corrected chi connectivity index (χ2v) is 22.7. The number of methoxy groups -OCH3 is 1. The Morgan fingerprint density at radius 3 is 1.86 bits per heavy atom. The number of carbonyl (C=O) groups excluding carboxylic acids is 1. The molecule has 0 amide bonds. The van der Waals surface area contributed by atoms with E-state index in [1.54, 1.807) is 13.0 Å². The lowest BCUT2D eigenvalue weighted by atomic mass is 9.42. The number of hydrogen-bond donors (Lipinski definition) is 11. The highest BCUT2D eigenvalue weighted by atomic mass is 16.8. The molecule has 8 rings (SSSR count). The van der Waals surface area contributed by atoms with E-state index >= 15 is 0 Å². The first-order valence-corrected chi connectivity index (χ1v) is 24.7. The van der Waals surface area contributed by atoms with E-state index in [0.29, 0.717) is 31.3 Å². The lowest BCUT2D eigenvalue weighted by Crippen LogP contribution is -2.67. The third kappa shape index (κ3) is 8.23. The summed E-state index contributed by atoms with van der Waals surface area (Å²) >= 11 is 0. The summed E-state index contributed by atoms with van der Waals surface area (Å²) in [5, 5.41) is 121. The molecule has 6 fully saturated rings. The molecule has 4 heterocycles. The van der Waals surface area contributed by atoms with Crippen LogP contribution in [0.5, 0.6) is 0 Å². The van der Waals surface area contributed by atoms with Crippen molar-refractivity contribution < 1.29 is 98.9 Å². The van der Waals surface area contributed by atoms with Gasteiger partial charge in [0.05, 0.1) is 38.6 Å². The van der Waals surface area contributed by atoms with Gasteiger partial charge in [-0.2, -0.15) is 0 Å². The fourth-order valence-electron chi connectivity index (χ4n) is 14.7. The summed E-state index contributed by atoms with van der Waals surface area (Å²) in [6.45, 7) is 14.5. The van der Waals surface area contributed by atoms with E-state index in [1.165, 1.54) is 25.2 Å². The van der Waals surface area contributed by atoms with Crippen molar-refractivity contribution in [2.75, 3.05) is 20.3 Å². The highest BCUT2D eigenvalue weighted by Crippen LogP contribution is 2.75. The van der Waals surface area contributed by atoms with Crippen molar-refractivity contribution in [1.82, 2.24) is 0 Å². The summed E-state index contributed by atoms with van der Waals surface area (Å²) in [7, 11) is 1.30. The van der Waals surface area contributed by atoms with Gasteiger partial charge in [-0.3, -0.25) is 0 Å². The van der Waals surface area contributed by atoms with Gasteiger partial charge < -0.3 is 94.1 Å². The van der Waals surface area contributed by atoms with Crippen LogP contribution < -0.4 is 0 Å². The van der Waals surface area contributed by atoms with E-state index in [4.69, 9.17) is 37.9 Å². The van der Waals surface area contributed by atoms with E-state index < -0.39 is 163 Å². The number of esters is 1. The highest BCUT2D eigenvalue weighted by molar-refractivity contribution is 5.87. The zero-order valence-electron chi connectivity index (χ0n) is 41.2. The number of rotatable bonds is 10. The largest absolute Gasteiger partial charge is 0.466 e. The van der Waals surface area contributed by atoms with Crippen LogP contribution >= 0.6 is 0 Å². The molecule has 4 saturated heterocycles. The topological polar surface area (TPSA) is 313 Å². The predicted octanol–water partition coefficient (Wildman–Crippen LogP) is -0.590. The Labute approximate surface area is 403 Å². The van der Waals surface area contributed by atoms with Crippen molar-refractivity contribution in [3.63, 3.8) is 0 Å². The second kappa shape index (κ2) is 19.2.